The van der Waals surface area contributed by atoms with Crippen LogP contribution in [0.2, 0.25) is 0 Å². The maximum atomic E-state index is 5.77. The van der Waals surface area contributed by atoms with Crippen LogP contribution in [0.25, 0.3) is 0 Å². The third-order valence-corrected chi connectivity index (χ3v) is 3.44. The van der Waals surface area contributed by atoms with Crippen LogP contribution >= 0.6 is 15.9 Å². The van der Waals surface area contributed by atoms with E-state index in [0.29, 0.717) is 0 Å². The molecular formula is C15H15BrO2. The standard InChI is InChI=1S/C15H15BrO2/c1-3-11-4-5-14(10-15(11)16)18-13-8-6-12(17-2)7-9-13/h4-10H,3H2,1-2H3. The summed E-state index contributed by atoms with van der Waals surface area (Å²) in [5.41, 5.74) is 1.28. The highest BCUT2D eigenvalue weighted by Crippen LogP contribution is 2.28. The van der Waals surface area contributed by atoms with E-state index in [0.717, 1.165) is 28.1 Å². The van der Waals surface area contributed by atoms with Gasteiger partial charge in [-0.15, -0.1) is 0 Å². The normalized spacial score (nSPS) is 10.2. The number of methoxy groups -OCH3 is 1. The number of hydrogen-bond donors (Lipinski definition) is 0. The largest absolute Gasteiger partial charge is 0.497 e. The zero-order valence-corrected chi connectivity index (χ0v) is 12.0. The topological polar surface area (TPSA) is 18.5 Å². The predicted octanol–water partition coefficient (Wildman–Crippen LogP) is 4.81. The minimum Gasteiger partial charge on any atom is -0.497 e. The third kappa shape index (κ3) is 3.05. The van der Waals surface area contributed by atoms with Gasteiger partial charge in [-0.3, -0.25) is 0 Å². The number of ether oxygens (including phenoxy) is 2. The first kappa shape index (κ1) is 13.0. The summed E-state index contributed by atoms with van der Waals surface area (Å²) in [4.78, 5) is 0. The van der Waals surface area contributed by atoms with E-state index >= 15 is 0 Å². The molecule has 0 saturated heterocycles. The second-order valence-corrected chi connectivity index (χ2v) is 4.74. The van der Waals surface area contributed by atoms with Gasteiger partial charge in [-0.1, -0.05) is 28.9 Å². The monoisotopic (exact) mass is 306 g/mol. The van der Waals surface area contributed by atoms with Crippen LogP contribution in [0, 0.1) is 0 Å². The molecule has 2 aromatic carbocycles. The minimum absolute atomic E-state index is 0.798. The van der Waals surface area contributed by atoms with E-state index in [9.17, 15) is 0 Å². The van der Waals surface area contributed by atoms with E-state index < -0.39 is 0 Å². The molecule has 0 heterocycles. The number of aryl methyl sites for hydroxylation is 1. The SMILES string of the molecule is CCc1ccc(Oc2ccc(OC)cc2)cc1Br. The fourth-order valence-corrected chi connectivity index (χ4v) is 2.30. The molecule has 2 nitrogen and oxygen atoms in total. The molecule has 0 aliphatic rings. The number of rotatable bonds is 4. The van der Waals surface area contributed by atoms with Gasteiger partial charge in [-0.25, -0.2) is 0 Å². The highest BCUT2D eigenvalue weighted by Gasteiger charge is 2.02. The van der Waals surface area contributed by atoms with Crippen LogP contribution < -0.4 is 9.47 Å². The second-order valence-electron chi connectivity index (χ2n) is 3.88. The highest BCUT2D eigenvalue weighted by atomic mass is 79.9. The zero-order valence-electron chi connectivity index (χ0n) is 10.4. The van der Waals surface area contributed by atoms with Crippen molar-refractivity contribution >= 4 is 15.9 Å². The van der Waals surface area contributed by atoms with Gasteiger partial charge in [-0.05, 0) is 48.4 Å². The van der Waals surface area contributed by atoms with Gasteiger partial charge in [0.1, 0.15) is 17.2 Å². The van der Waals surface area contributed by atoms with Crippen molar-refractivity contribution in [2.45, 2.75) is 13.3 Å². The fourth-order valence-electron chi connectivity index (χ4n) is 1.66. The Balaban J connectivity index is 2.15. The van der Waals surface area contributed by atoms with E-state index in [1.807, 2.05) is 36.4 Å². The first-order valence-corrected chi connectivity index (χ1v) is 6.62. The van der Waals surface area contributed by atoms with Crippen LogP contribution in [0.3, 0.4) is 0 Å². The smallest absolute Gasteiger partial charge is 0.128 e. The van der Waals surface area contributed by atoms with Gasteiger partial charge in [0, 0.05) is 4.47 Å². The summed E-state index contributed by atoms with van der Waals surface area (Å²) < 4.78 is 12.0. The van der Waals surface area contributed by atoms with Crippen molar-refractivity contribution in [1.82, 2.24) is 0 Å². The molecule has 2 aromatic rings. The lowest BCUT2D eigenvalue weighted by atomic mass is 10.2. The molecule has 0 atom stereocenters. The van der Waals surface area contributed by atoms with Gasteiger partial charge >= 0.3 is 0 Å². The van der Waals surface area contributed by atoms with Crippen LogP contribution in [0.5, 0.6) is 17.2 Å². The molecule has 0 aliphatic carbocycles. The minimum atomic E-state index is 0.798. The van der Waals surface area contributed by atoms with E-state index in [-0.39, 0.29) is 0 Å². The van der Waals surface area contributed by atoms with Crippen molar-refractivity contribution in [1.29, 1.82) is 0 Å². The zero-order chi connectivity index (χ0) is 13.0. The lowest BCUT2D eigenvalue weighted by Crippen LogP contribution is -1.88. The Labute approximate surface area is 116 Å². The number of hydrogen-bond acceptors (Lipinski definition) is 2. The van der Waals surface area contributed by atoms with E-state index in [2.05, 4.69) is 28.9 Å². The molecule has 0 saturated carbocycles. The van der Waals surface area contributed by atoms with Crippen LogP contribution in [0.4, 0.5) is 0 Å². The van der Waals surface area contributed by atoms with Gasteiger partial charge in [0.25, 0.3) is 0 Å². The van der Waals surface area contributed by atoms with Crippen molar-refractivity contribution in [2.24, 2.45) is 0 Å². The van der Waals surface area contributed by atoms with Crippen molar-refractivity contribution in [2.75, 3.05) is 7.11 Å². The summed E-state index contributed by atoms with van der Waals surface area (Å²) in [5, 5.41) is 0. The second kappa shape index (κ2) is 5.91. The van der Waals surface area contributed by atoms with Crippen LogP contribution in [-0.4, -0.2) is 7.11 Å². The van der Waals surface area contributed by atoms with Gasteiger partial charge in [0.15, 0.2) is 0 Å². The molecule has 3 heteroatoms. The Morgan fingerprint density at radius 2 is 1.56 bits per heavy atom. The lowest BCUT2D eigenvalue weighted by Gasteiger charge is -2.08. The fraction of sp³-hybridized carbons (Fsp3) is 0.200. The molecule has 0 fully saturated rings. The van der Waals surface area contributed by atoms with Gasteiger partial charge in [0.05, 0.1) is 7.11 Å². The molecule has 0 unspecified atom stereocenters. The quantitative estimate of drug-likeness (QED) is 0.807. The van der Waals surface area contributed by atoms with Crippen LogP contribution in [0.15, 0.2) is 46.9 Å². The van der Waals surface area contributed by atoms with Gasteiger partial charge in [0.2, 0.25) is 0 Å². The van der Waals surface area contributed by atoms with Crippen LogP contribution in [-0.2, 0) is 6.42 Å². The highest BCUT2D eigenvalue weighted by molar-refractivity contribution is 9.10. The average molecular weight is 307 g/mol. The maximum Gasteiger partial charge on any atom is 0.128 e. The molecule has 0 spiro atoms. The Bertz CT molecular complexity index is 521. The maximum absolute atomic E-state index is 5.77. The predicted molar refractivity (Wildman–Crippen MR) is 76.6 cm³/mol. The summed E-state index contributed by atoms with van der Waals surface area (Å²) in [6.07, 6.45) is 1.00. The van der Waals surface area contributed by atoms with Crippen molar-refractivity contribution in [3.8, 4) is 17.2 Å². The number of halogens is 1. The van der Waals surface area contributed by atoms with E-state index in [1.165, 1.54) is 5.56 Å². The third-order valence-electron chi connectivity index (χ3n) is 2.70. The molecule has 0 amide bonds. The Kier molecular flexibility index (Phi) is 4.26. The summed E-state index contributed by atoms with van der Waals surface area (Å²) in [6, 6.07) is 13.6. The molecule has 0 radical (unpaired) electrons. The van der Waals surface area contributed by atoms with Gasteiger partial charge in [-0.2, -0.15) is 0 Å². The van der Waals surface area contributed by atoms with Crippen molar-refractivity contribution in [3.63, 3.8) is 0 Å². The summed E-state index contributed by atoms with van der Waals surface area (Å²) >= 11 is 3.54. The molecule has 0 aromatic heterocycles. The molecule has 18 heavy (non-hydrogen) atoms. The van der Waals surface area contributed by atoms with Crippen molar-refractivity contribution < 1.29 is 9.47 Å². The Morgan fingerprint density at radius 1 is 0.944 bits per heavy atom. The van der Waals surface area contributed by atoms with E-state index in [1.54, 1.807) is 7.11 Å². The van der Waals surface area contributed by atoms with E-state index in [4.69, 9.17) is 9.47 Å². The summed E-state index contributed by atoms with van der Waals surface area (Å²) in [6.45, 7) is 2.13. The Hall–Kier alpha value is -1.48. The molecular weight excluding hydrogens is 292 g/mol. The molecule has 94 valence electrons. The average Bonchev–Trinajstić information content (AvgIpc) is 2.40. The lowest BCUT2D eigenvalue weighted by molar-refractivity contribution is 0.413. The van der Waals surface area contributed by atoms with Crippen molar-refractivity contribution in [3.05, 3.63) is 52.5 Å². The molecule has 0 bridgehead atoms. The van der Waals surface area contributed by atoms with Crippen LogP contribution in [0.1, 0.15) is 12.5 Å². The number of benzene rings is 2. The summed E-state index contributed by atoms with van der Waals surface area (Å²) in [5.74, 6) is 2.45. The molecule has 2 rings (SSSR count). The van der Waals surface area contributed by atoms with Gasteiger partial charge < -0.3 is 9.47 Å². The molecule has 0 N–H and O–H groups in total. The summed E-state index contributed by atoms with van der Waals surface area (Å²) in [7, 11) is 1.65. The Morgan fingerprint density at radius 3 is 2.11 bits per heavy atom. The first-order valence-electron chi connectivity index (χ1n) is 5.83. The first-order chi connectivity index (χ1) is 8.72. The molecule has 0 aliphatic heterocycles.